The lowest BCUT2D eigenvalue weighted by atomic mass is 9.33. The van der Waals surface area contributed by atoms with Crippen LogP contribution < -0.4 is 10.1 Å². The smallest absolute Gasteiger partial charge is 0.315 e. The van der Waals surface area contributed by atoms with Gasteiger partial charge in [-0.05, 0) is 159 Å². The molecule has 0 spiro atoms. The molecule has 0 amide bonds. The van der Waals surface area contributed by atoms with Crippen LogP contribution in [0.3, 0.4) is 0 Å². The van der Waals surface area contributed by atoms with Crippen molar-refractivity contribution in [3.63, 3.8) is 0 Å². The lowest BCUT2D eigenvalue weighted by Crippen LogP contribution is -2.68. The Morgan fingerprint density at radius 3 is 2.39 bits per heavy atom. The van der Waals surface area contributed by atoms with Crippen LogP contribution in [-0.4, -0.2) is 80.7 Å². The molecule has 0 unspecified atom stereocenters. The predicted octanol–water partition coefficient (Wildman–Crippen LogP) is 9.39. The van der Waals surface area contributed by atoms with Crippen LogP contribution in [-0.2, 0) is 19.4 Å². The Morgan fingerprint density at radius 1 is 0.932 bits per heavy atom. The molecule has 326 valence electrons. The number of nitrogens with one attached hydrogen (secondary N) is 1. The first-order valence-electron chi connectivity index (χ1n) is 23.4. The topological polar surface area (TPSA) is 97.8 Å². The summed E-state index contributed by atoms with van der Waals surface area (Å²) in [5.74, 6) is 4.09. The second kappa shape index (κ2) is 15.7. The standard InChI is InChI=1S/C50H75N3O5S/c1-9-57-44(54)49(34-58-42-12-10-11-27-51-42)22-15-36(16-23-49)38-18-20-46(6)40(45(38,4)5)19-21-48(8)41(46)14-13-39-43-37(35(2)3)17-24-50(43,26-25-47(39,48)7)52-28-29-53-30-32-59(55,56)33-31-53/h10-12,15,18,27,37,39-41,43,52H,2,9,13-14,16-17,19-26,28-34H2,1,3-8H3/t37-,39+,40-,41+,43+,46-,47+,48+,49+,50-/m0/s1. The Morgan fingerprint density at radius 2 is 1.71 bits per heavy atom. The maximum atomic E-state index is 13.5. The van der Waals surface area contributed by atoms with Crippen molar-refractivity contribution in [2.45, 2.75) is 131 Å². The molecule has 59 heavy (non-hydrogen) atoms. The van der Waals surface area contributed by atoms with Gasteiger partial charge in [0.15, 0.2) is 9.84 Å². The van der Waals surface area contributed by atoms with E-state index in [0.717, 1.165) is 25.9 Å². The number of fused-ring (bicyclic) bond motifs is 7. The van der Waals surface area contributed by atoms with Gasteiger partial charge >= 0.3 is 5.97 Å². The Balaban J connectivity index is 1.01. The molecule has 5 fully saturated rings. The third-order valence-electron chi connectivity index (χ3n) is 18.8. The van der Waals surface area contributed by atoms with Gasteiger partial charge in [0.25, 0.3) is 0 Å². The molecule has 9 heteroatoms. The summed E-state index contributed by atoms with van der Waals surface area (Å²) < 4.78 is 36.0. The van der Waals surface area contributed by atoms with Crippen LogP contribution in [0.5, 0.6) is 5.88 Å². The fourth-order valence-corrected chi connectivity index (χ4v) is 16.8. The van der Waals surface area contributed by atoms with Crippen LogP contribution in [0.25, 0.3) is 0 Å². The Hall–Kier alpha value is -2.49. The summed E-state index contributed by atoms with van der Waals surface area (Å²) in [6.45, 7) is 25.9. The second-order valence-electron chi connectivity index (χ2n) is 21.7. The van der Waals surface area contributed by atoms with Crippen molar-refractivity contribution in [3.05, 3.63) is 59.8 Å². The second-order valence-corrected chi connectivity index (χ2v) is 24.0. The molecule has 6 aliphatic carbocycles. The van der Waals surface area contributed by atoms with E-state index in [1.165, 1.54) is 68.1 Å². The monoisotopic (exact) mass is 830 g/mol. The van der Waals surface area contributed by atoms with E-state index in [4.69, 9.17) is 9.47 Å². The highest BCUT2D eigenvalue weighted by atomic mass is 32.2. The van der Waals surface area contributed by atoms with Gasteiger partial charge in [0.05, 0.1) is 18.1 Å². The van der Waals surface area contributed by atoms with E-state index in [-0.39, 0.29) is 39.8 Å². The zero-order valence-electron chi connectivity index (χ0n) is 37.5. The molecule has 0 radical (unpaired) electrons. The lowest BCUT2D eigenvalue weighted by molar-refractivity contribution is -0.221. The first-order valence-corrected chi connectivity index (χ1v) is 25.2. The molecule has 0 bridgehead atoms. The molecule has 7 aliphatic rings. The van der Waals surface area contributed by atoms with Crippen LogP contribution in [0.2, 0.25) is 0 Å². The SMILES string of the molecule is C=C(C)[C@@H]1CC[C@]2(NCCN3CCS(=O)(=O)CC3)CC[C@]3(C)[C@H](CC[C@@H]4[C@@]5(C)CC=C(C6=CC[C@@](COc7ccccn7)(C(=O)OCC)CC6)C(C)(C)[C@@H]5CC[C@]43C)[C@@H]12. The number of carbonyl (C=O) groups is 1. The van der Waals surface area contributed by atoms with Crippen molar-refractivity contribution in [1.29, 1.82) is 0 Å². The number of nitrogens with zero attached hydrogens (tertiary/aromatic N) is 2. The lowest BCUT2D eigenvalue weighted by Gasteiger charge is -2.72. The number of allylic oxidation sites excluding steroid dienone is 5. The van der Waals surface area contributed by atoms with Crippen molar-refractivity contribution in [1.82, 2.24) is 15.2 Å². The van der Waals surface area contributed by atoms with E-state index in [0.29, 0.717) is 79.5 Å². The third kappa shape index (κ3) is 7.21. The van der Waals surface area contributed by atoms with E-state index in [2.05, 4.69) is 75.5 Å². The molecule has 1 aliphatic heterocycles. The molecule has 8 nitrogen and oxygen atoms in total. The molecular weight excluding hydrogens is 755 g/mol. The Labute approximate surface area is 356 Å². The number of pyridine rings is 1. The normalized spacial score (nSPS) is 41.2. The summed E-state index contributed by atoms with van der Waals surface area (Å²) in [5, 5.41) is 4.24. The first kappa shape index (κ1) is 43.2. The predicted molar refractivity (Wildman–Crippen MR) is 237 cm³/mol. The van der Waals surface area contributed by atoms with Crippen molar-refractivity contribution in [3.8, 4) is 5.88 Å². The fraction of sp³-hybridized carbons (Fsp3) is 0.760. The number of rotatable bonds is 11. The number of aromatic nitrogens is 1. The number of hydrogen-bond donors (Lipinski definition) is 1. The van der Waals surface area contributed by atoms with Crippen LogP contribution in [0.1, 0.15) is 126 Å². The molecule has 2 heterocycles. The summed E-state index contributed by atoms with van der Waals surface area (Å²) in [6, 6.07) is 5.63. The highest BCUT2D eigenvalue weighted by Gasteiger charge is 2.70. The van der Waals surface area contributed by atoms with Gasteiger partial charge in [-0.2, -0.15) is 0 Å². The van der Waals surface area contributed by atoms with E-state index < -0.39 is 15.3 Å². The maximum Gasteiger partial charge on any atom is 0.315 e. The van der Waals surface area contributed by atoms with E-state index >= 15 is 0 Å². The average molecular weight is 830 g/mol. The molecule has 10 atom stereocenters. The van der Waals surface area contributed by atoms with Crippen LogP contribution >= 0.6 is 0 Å². The average Bonchev–Trinajstić information content (AvgIpc) is 3.59. The van der Waals surface area contributed by atoms with Crippen molar-refractivity contribution in [2.24, 2.45) is 56.7 Å². The minimum Gasteiger partial charge on any atom is -0.476 e. The van der Waals surface area contributed by atoms with Crippen molar-refractivity contribution >= 4 is 15.8 Å². The van der Waals surface area contributed by atoms with Gasteiger partial charge in [0.1, 0.15) is 12.0 Å². The molecule has 1 N–H and O–H groups in total. The molecule has 1 saturated heterocycles. The molecule has 1 aromatic rings. The van der Waals surface area contributed by atoms with Crippen LogP contribution in [0, 0.1) is 56.7 Å². The maximum absolute atomic E-state index is 13.5. The quantitative estimate of drug-likeness (QED) is 0.174. The molecule has 4 saturated carbocycles. The highest BCUT2D eigenvalue weighted by molar-refractivity contribution is 7.91. The van der Waals surface area contributed by atoms with Gasteiger partial charge in [-0.1, -0.05) is 65.0 Å². The van der Waals surface area contributed by atoms with Crippen LogP contribution in [0.4, 0.5) is 0 Å². The number of ether oxygens (including phenoxy) is 2. The van der Waals surface area contributed by atoms with Crippen molar-refractivity contribution in [2.75, 3.05) is 50.9 Å². The zero-order valence-corrected chi connectivity index (χ0v) is 38.4. The van der Waals surface area contributed by atoms with Crippen molar-refractivity contribution < 1.29 is 22.7 Å². The molecule has 1 aromatic heterocycles. The summed E-state index contributed by atoms with van der Waals surface area (Å²) in [4.78, 5) is 20.2. The Kier molecular flexibility index (Phi) is 11.5. The minimum absolute atomic E-state index is 0.0347. The molecule has 0 aromatic carbocycles. The highest BCUT2D eigenvalue weighted by Crippen LogP contribution is 2.76. The number of carbonyl (C=O) groups excluding carboxylic acids is 1. The van der Waals surface area contributed by atoms with Gasteiger partial charge in [-0.15, -0.1) is 0 Å². The van der Waals surface area contributed by atoms with E-state index in [1.54, 1.807) is 6.20 Å². The number of hydrogen-bond acceptors (Lipinski definition) is 8. The van der Waals surface area contributed by atoms with E-state index in [9.17, 15) is 13.2 Å². The number of esters is 1. The summed E-state index contributed by atoms with van der Waals surface area (Å²) in [5.41, 5.74) is 4.55. The zero-order chi connectivity index (χ0) is 42.1. The Bertz CT molecular complexity index is 1930. The summed E-state index contributed by atoms with van der Waals surface area (Å²) >= 11 is 0. The van der Waals surface area contributed by atoms with Gasteiger partial charge in [0.2, 0.25) is 5.88 Å². The first-order chi connectivity index (χ1) is 27.9. The third-order valence-corrected chi connectivity index (χ3v) is 20.4. The van der Waals surface area contributed by atoms with Gasteiger partial charge in [-0.25, -0.2) is 13.4 Å². The largest absolute Gasteiger partial charge is 0.476 e. The summed E-state index contributed by atoms with van der Waals surface area (Å²) in [6.07, 6.45) is 20.2. The van der Waals surface area contributed by atoms with Gasteiger partial charge in [0, 0.05) is 44.0 Å². The summed E-state index contributed by atoms with van der Waals surface area (Å²) in [7, 11) is -2.87. The minimum atomic E-state index is -2.87. The molecule has 8 rings (SSSR count). The van der Waals surface area contributed by atoms with Crippen LogP contribution in [0.15, 0.2) is 59.8 Å². The molecular formula is C50H75N3O5S. The number of sulfone groups is 1. The van der Waals surface area contributed by atoms with E-state index in [1.807, 2.05) is 25.1 Å². The van der Waals surface area contributed by atoms with Gasteiger partial charge < -0.3 is 19.7 Å². The fourth-order valence-electron chi connectivity index (χ4n) is 15.5. The van der Waals surface area contributed by atoms with Gasteiger partial charge in [-0.3, -0.25) is 4.79 Å².